The Morgan fingerprint density at radius 1 is 0.857 bits per heavy atom. The quantitative estimate of drug-likeness (QED) is 0.190. The average molecular weight is 872 g/mol. The van der Waals surface area contributed by atoms with Gasteiger partial charge in [-0.05, 0) is 77.3 Å². The number of nitrogens with zero attached hydrogens (tertiary/aromatic N) is 1. The summed E-state index contributed by atoms with van der Waals surface area (Å²) in [5, 5.41) is 13.8. The van der Waals surface area contributed by atoms with Gasteiger partial charge in [-0.1, -0.05) is 74.5 Å². The molecule has 0 spiro atoms. The molecule has 0 radical (unpaired) electrons. The molecule has 0 aromatic heterocycles. The topological polar surface area (TPSA) is 190 Å². The number of hydrogen-bond acceptors (Lipinski definition) is 14. The number of aliphatic hydroxyl groups is 1. The van der Waals surface area contributed by atoms with Crippen LogP contribution in [0, 0.1) is 16.7 Å². The van der Waals surface area contributed by atoms with E-state index in [9.17, 15) is 29.1 Å². The summed E-state index contributed by atoms with van der Waals surface area (Å²) >= 11 is 0. The highest BCUT2D eigenvalue weighted by atomic mass is 16.6. The molecular weight excluding hydrogens is 815 g/mol. The van der Waals surface area contributed by atoms with Crippen LogP contribution < -0.4 is 0 Å². The van der Waals surface area contributed by atoms with Crippen LogP contribution in [0.15, 0.2) is 84.0 Å². The highest BCUT2D eigenvalue weighted by Gasteiger charge is 2.75. The van der Waals surface area contributed by atoms with E-state index < -0.39 is 118 Å². The van der Waals surface area contributed by atoms with E-state index >= 15 is 4.79 Å². The Bertz CT molecular complexity index is 2260. The van der Waals surface area contributed by atoms with Crippen LogP contribution in [-0.2, 0) is 52.3 Å². The SMILES string of the molecule is CC(=O)O[C@H]1C(=O)[C@]2(C)C=C[C@H]3OC[C@@]3(OC(C)=O)[C@@H]2[C@H](OC(=O)c2ccccc2)[C@]2(O)C[C@H](OC(=O)[C@@H]3OC(C)(C)N(C(=O)OC(C)(C)C)[C@H]3c3ccccc3)C(C)=C1C2(C)C. The first-order valence-corrected chi connectivity index (χ1v) is 21.2. The number of hydrogen-bond donors (Lipinski definition) is 1. The lowest BCUT2D eigenvalue weighted by atomic mass is 9.46. The molecular formula is C48H57NO14. The fourth-order valence-electron chi connectivity index (χ4n) is 10.5. The predicted octanol–water partition coefficient (Wildman–Crippen LogP) is 6.12. The monoisotopic (exact) mass is 871 g/mol. The maximum atomic E-state index is 15.5. The Kier molecular flexibility index (Phi) is 11.4. The number of benzene rings is 2. The maximum absolute atomic E-state index is 15.5. The summed E-state index contributed by atoms with van der Waals surface area (Å²) in [5.74, 6) is -5.31. The van der Waals surface area contributed by atoms with E-state index in [-0.39, 0.29) is 17.7 Å². The molecule has 2 heterocycles. The molecule has 2 aliphatic heterocycles. The van der Waals surface area contributed by atoms with Gasteiger partial charge in [0, 0.05) is 25.7 Å². The molecule has 0 unspecified atom stereocenters. The van der Waals surface area contributed by atoms with E-state index in [1.54, 1.807) is 123 Å². The van der Waals surface area contributed by atoms with Crippen molar-refractivity contribution in [2.24, 2.45) is 16.7 Å². The fourth-order valence-corrected chi connectivity index (χ4v) is 10.5. The van der Waals surface area contributed by atoms with E-state index in [1.807, 2.05) is 0 Å². The molecule has 1 amide bonds. The van der Waals surface area contributed by atoms with Gasteiger partial charge in [-0.25, -0.2) is 14.4 Å². The van der Waals surface area contributed by atoms with E-state index in [2.05, 4.69) is 0 Å². The molecule has 7 rings (SSSR count). The van der Waals surface area contributed by atoms with E-state index in [0.29, 0.717) is 11.1 Å². The van der Waals surface area contributed by atoms with Crippen LogP contribution in [0.2, 0.25) is 0 Å². The van der Waals surface area contributed by atoms with Gasteiger partial charge in [0.1, 0.15) is 41.3 Å². The van der Waals surface area contributed by atoms with Crippen molar-refractivity contribution in [3.05, 3.63) is 95.1 Å². The number of carbonyl (C=O) groups excluding carboxylic acids is 6. The van der Waals surface area contributed by atoms with Crippen molar-refractivity contribution >= 4 is 35.8 Å². The number of ketones is 1. The third-order valence-corrected chi connectivity index (χ3v) is 13.4. The summed E-state index contributed by atoms with van der Waals surface area (Å²) in [6.07, 6.45) is -5.06. The number of Topliss-reactive ketones (excluding diaryl/α,β-unsaturated/α-hetero) is 1. The van der Waals surface area contributed by atoms with Crippen molar-refractivity contribution in [3.8, 4) is 0 Å². The number of carbonyl (C=O) groups is 6. The van der Waals surface area contributed by atoms with Gasteiger partial charge in [-0.2, -0.15) is 0 Å². The highest BCUT2D eigenvalue weighted by Crippen LogP contribution is 2.63. The molecule has 2 aromatic carbocycles. The summed E-state index contributed by atoms with van der Waals surface area (Å²) in [4.78, 5) is 86.0. The summed E-state index contributed by atoms with van der Waals surface area (Å²) in [7, 11) is 0. The minimum atomic E-state index is -2.27. The van der Waals surface area contributed by atoms with Crippen molar-refractivity contribution in [2.75, 3.05) is 6.61 Å². The minimum absolute atomic E-state index is 0.124. The molecule has 1 N–H and O–H groups in total. The first-order valence-electron chi connectivity index (χ1n) is 21.2. The van der Waals surface area contributed by atoms with Crippen LogP contribution in [0.25, 0.3) is 0 Å². The van der Waals surface area contributed by atoms with Gasteiger partial charge < -0.3 is 38.3 Å². The number of allylic oxidation sites excluding steroid dienone is 1. The standard InChI is InChI=1S/C48H57NO14/c1-26-31(59-41(54)36-34(29-18-14-12-15-19-29)49(45(9,10)62-36)42(55)63-43(4,5)6)24-48(56)39(60-40(53)30-20-16-13-17-21-30)37-46(11,23-22-32-47(37,25-57-32)61-28(3)51)38(52)35(58-27(2)50)33(26)44(48,7)8/h12-23,31-32,34-37,39,56H,24-25H2,1-11H3/t31-,32+,34-,35+,36+,37+,39-,46+,47-,48+/m0/s1. The van der Waals surface area contributed by atoms with E-state index in [4.69, 9.17) is 33.2 Å². The Hall–Kier alpha value is -5.38. The van der Waals surface area contributed by atoms with Gasteiger partial charge in [0.05, 0.1) is 23.5 Å². The number of rotatable bonds is 7. The third-order valence-electron chi connectivity index (χ3n) is 13.4. The van der Waals surface area contributed by atoms with Gasteiger partial charge in [0.25, 0.3) is 0 Å². The lowest BCUT2D eigenvalue weighted by molar-refractivity contribution is -0.306. The summed E-state index contributed by atoms with van der Waals surface area (Å²) in [6.45, 7) is 17.0. The van der Waals surface area contributed by atoms with Crippen LogP contribution in [0.5, 0.6) is 0 Å². The fraction of sp³-hybridized carbons (Fsp3) is 0.542. The number of amides is 1. The summed E-state index contributed by atoms with van der Waals surface area (Å²) in [5.41, 5.74) is -8.42. The van der Waals surface area contributed by atoms with Crippen molar-refractivity contribution < 1.29 is 67.0 Å². The van der Waals surface area contributed by atoms with Crippen LogP contribution >= 0.6 is 0 Å². The minimum Gasteiger partial charge on any atom is -0.456 e. The second-order valence-electron chi connectivity index (χ2n) is 19.4. The molecule has 1 saturated carbocycles. The maximum Gasteiger partial charge on any atom is 0.413 e. The van der Waals surface area contributed by atoms with E-state index in [0.717, 1.165) is 6.92 Å². The molecule has 15 nitrogen and oxygen atoms in total. The van der Waals surface area contributed by atoms with Crippen molar-refractivity contribution in [1.29, 1.82) is 0 Å². The molecule has 63 heavy (non-hydrogen) atoms. The van der Waals surface area contributed by atoms with Gasteiger partial charge in [0.15, 0.2) is 23.6 Å². The Morgan fingerprint density at radius 3 is 2.03 bits per heavy atom. The molecule has 2 aromatic rings. The molecule has 2 saturated heterocycles. The van der Waals surface area contributed by atoms with Crippen LogP contribution in [-0.4, -0.2) is 105 Å². The molecule has 15 heteroatoms. The molecule has 10 atom stereocenters. The Morgan fingerprint density at radius 2 is 1.48 bits per heavy atom. The number of esters is 4. The van der Waals surface area contributed by atoms with Crippen LogP contribution in [0.1, 0.15) is 105 Å². The molecule has 338 valence electrons. The lowest BCUT2D eigenvalue weighted by Crippen LogP contribution is -2.78. The largest absolute Gasteiger partial charge is 0.456 e. The number of fused-ring (bicyclic) bond motifs is 5. The Labute approximate surface area is 367 Å². The Balaban J connectivity index is 1.41. The second kappa shape index (κ2) is 15.7. The lowest BCUT2D eigenvalue weighted by Gasteiger charge is -2.65. The van der Waals surface area contributed by atoms with Crippen LogP contribution in [0.4, 0.5) is 4.79 Å². The van der Waals surface area contributed by atoms with Gasteiger partial charge >= 0.3 is 30.0 Å². The smallest absolute Gasteiger partial charge is 0.413 e. The van der Waals surface area contributed by atoms with Crippen molar-refractivity contribution in [1.82, 2.24) is 4.90 Å². The first kappa shape index (κ1) is 45.6. The zero-order valence-corrected chi connectivity index (χ0v) is 37.6. The normalized spacial score (nSPS) is 33.9. The van der Waals surface area contributed by atoms with Gasteiger partial charge in [-0.3, -0.25) is 19.3 Å². The third kappa shape index (κ3) is 7.55. The van der Waals surface area contributed by atoms with Crippen LogP contribution in [0.3, 0.4) is 0 Å². The van der Waals surface area contributed by atoms with Gasteiger partial charge in [0.2, 0.25) is 0 Å². The first-order chi connectivity index (χ1) is 29.3. The molecule has 3 aliphatic carbocycles. The molecule has 5 aliphatic rings. The van der Waals surface area contributed by atoms with E-state index in [1.165, 1.54) is 24.0 Å². The number of ether oxygens (including phenoxy) is 7. The average Bonchev–Trinajstić information content (AvgIpc) is 3.48. The van der Waals surface area contributed by atoms with Crippen molar-refractivity contribution in [3.63, 3.8) is 0 Å². The zero-order chi connectivity index (χ0) is 46.2. The zero-order valence-electron chi connectivity index (χ0n) is 37.6. The summed E-state index contributed by atoms with van der Waals surface area (Å²) in [6, 6.07) is 15.8. The molecule has 3 fully saturated rings. The van der Waals surface area contributed by atoms with Crippen molar-refractivity contribution in [2.45, 2.75) is 142 Å². The second-order valence-corrected chi connectivity index (χ2v) is 19.4. The molecule has 2 bridgehead atoms. The predicted molar refractivity (Wildman–Crippen MR) is 223 cm³/mol. The van der Waals surface area contributed by atoms with Gasteiger partial charge in [-0.15, -0.1) is 0 Å². The highest BCUT2D eigenvalue weighted by molar-refractivity contribution is 5.96. The summed E-state index contributed by atoms with van der Waals surface area (Å²) < 4.78 is 43.1.